The Morgan fingerprint density at radius 2 is 1.68 bits per heavy atom. The van der Waals surface area contributed by atoms with Gasteiger partial charge in [-0.1, -0.05) is 36.4 Å². The molecule has 0 saturated carbocycles. The van der Waals surface area contributed by atoms with Crippen molar-refractivity contribution in [3.63, 3.8) is 0 Å². The number of rotatable bonds is 6. The molecule has 1 aliphatic heterocycles. The Kier molecular flexibility index (Phi) is 9.12. The molecule has 12 heteroatoms. The van der Waals surface area contributed by atoms with Gasteiger partial charge in [-0.2, -0.15) is 13.2 Å². The number of aromatic nitrogens is 2. The summed E-state index contributed by atoms with van der Waals surface area (Å²) >= 11 is 0. The highest BCUT2D eigenvalue weighted by molar-refractivity contribution is 5.97. The number of hydrogen-bond donors (Lipinski definition) is 3. The van der Waals surface area contributed by atoms with Crippen LogP contribution in [-0.4, -0.2) is 64.0 Å². The highest BCUT2D eigenvalue weighted by Crippen LogP contribution is 2.23. The maximum absolute atomic E-state index is 12.6. The minimum atomic E-state index is -5.08. The monoisotopic (exact) mass is 555 g/mol. The third kappa shape index (κ3) is 7.87. The van der Waals surface area contributed by atoms with Crippen molar-refractivity contribution >= 4 is 22.9 Å². The molecule has 0 bridgehead atoms. The van der Waals surface area contributed by atoms with Gasteiger partial charge in [-0.25, -0.2) is 9.42 Å². The molecule has 3 N–H and O–H groups in total. The van der Waals surface area contributed by atoms with E-state index in [-0.39, 0.29) is 5.91 Å². The minimum absolute atomic E-state index is 0.155. The van der Waals surface area contributed by atoms with Gasteiger partial charge in [0.2, 0.25) is 0 Å². The van der Waals surface area contributed by atoms with Gasteiger partial charge < -0.3 is 15.7 Å². The summed E-state index contributed by atoms with van der Waals surface area (Å²) in [4.78, 5) is 24.0. The summed E-state index contributed by atoms with van der Waals surface area (Å²) in [6.07, 6.45) is -5.08. The smallest absolute Gasteiger partial charge is 0.475 e. The Morgan fingerprint density at radius 3 is 2.35 bits per heavy atom. The molecule has 210 valence electrons. The van der Waals surface area contributed by atoms with Crippen LogP contribution in [0.4, 0.5) is 13.2 Å². The number of alkyl halides is 3. The van der Waals surface area contributed by atoms with Gasteiger partial charge in [-0.05, 0) is 69.8 Å². The Bertz CT molecular complexity index is 1470. The first kappa shape index (κ1) is 28.7. The van der Waals surface area contributed by atoms with Crippen molar-refractivity contribution in [1.82, 2.24) is 25.8 Å². The maximum atomic E-state index is 12.6. The van der Waals surface area contributed by atoms with E-state index in [1.807, 2.05) is 12.1 Å². The number of fused-ring (bicyclic) bond motifs is 1. The van der Waals surface area contributed by atoms with Crippen LogP contribution >= 0.6 is 0 Å². The summed E-state index contributed by atoms with van der Waals surface area (Å²) < 4.78 is 36.4. The van der Waals surface area contributed by atoms with Crippen molar-refractivity contribution < 1.29 is 32.5 Å². The Labute approximate surface area is 227 Å². The van der Waals surface area contributed by atoms with Crippen molar-refractivity contribution in [1.29, 1.82) is 0 Å². The molecule has 4 aromatic rings. The van der Waals surface area contributed by atoms with E-state index >= 15 is 0 Å². The number of carbonyl (C=O) groups is 2. The lowest BCUT2D eigenvalue weighted by Crippen LogP contribution is -2.48. The zero-order valence-electron chi connectivity index (χ0n) is 21.6. The molecule has 1 aromatic heterocycles. The average molecular weight is 556 g/mol. The first-order valence-electron chi connectivity index (χ1n) is 12.5. The quantitative estimate of drug-likeness (QED) is 0.323. The van der Waals surface area contributed by atoms with Gasteiger partial charge in [0.1, 0.15) is 11.0 Å². The van der Waals surface area contributed by atoms with Crippen LogP contribution in [0.15, 0.2) is 71.4 Å². The standard InChI is InChI=1S/C26H27N5O2.C2HF3O2/c1-18-16-31(11-10-27-18)17-20-5-3-7-22(13-20)21-6-2-4-19(12-21)15-28-26(32)23-8-9-24-25(14-23)30-33-29-24;3-2(4,5)1(6)7/h2-9,12-14,18,27H,10-11,15-17H2,1H3,(H,28,32);(H,6,7). The molecule has 1 unspecified atom stereocenters. The molecule has 1 fully saturated rings. The summed E-state index contributed by atoms with van der Waals surface area (Å²) in [6.45, 7) is 6.82. The predicted octanol–water partition coefficient (Wildman–Crippen LogP) is 4.25. The third-order valence-electron chi connectivity index (χ3n) is 6.26. The Balaban J connectivity index is 0.000000470. The molecule has 2 heterocycles. The van der Waals surface area contributed by atoms with Gasteiger partial charge in [0, 0.05) is 44.3 Å². The van der Waals surface area contributed by atoms with Crippen LogP contribution in [0.25, 0.3) is 22.2 Å². The fraction of sp³-hybridized carbons (Fsp3) is 0.286. The van der Waals surface area contributed by atoms with E-state index in [0.717, 1.165) is 37.3 Å². The normalized spacial score (nSPS) is 15.8. The molecule has 0 radical (unpaired) electrons. The molecule has 5 rings (SSSR count). The molecule has 0 spiro atoms. The zero-order valence-corrected chi connectivity index (χ0v) is 21.6. The number of aliphatic carboxylic acids is 1. The highest BCUT2D eigenvalue weighted by Gasteiger charge is 2.38. The number of nitrogens with zero attached hydrogens (tertiary/aromatic N) is 3. The number of hydrogen-bond acceptors (Lipinski definition) is 7. The number of carbonyl (C=O) groups excluding carboxylic acids is 1. The summed E-state index contributed by atoms with van der Waals surface area (Å²) in [7, 11) is 0. The van der Waals surface area contributed by atoms with Gasteiger partial charge in [0.25, 0.3) is 5.91 Å². The SMILES string of the molecule is CC1CN(Cc2cccc(-c3cccc(CNC(=O)c4ccc5nonc5c4)c3)c2)CCN1.O=C(O)C(F)(F)F. The summed E-state index contributed by atoms with van der Waals surface area (Å²) in [5.41, 5.74) is 6.43. The van der Waals surface area contributed by atoms with Gasteiger partial charge in [0.05, 0.1) is 0 Å². The third-order valence-corrected chi connectivity index (χ3v) is 6.26. The predicted molar refractivity (Wildman–Crippen MR) is 141 cm³/mol. The molecule has 1 aliphatic rings. The number of carboxylic acid groups (broad SMARTS) is 1. The summed E-state index contributed by atoms with van der Waals surface area (Å²) in [5, 5.41) is 21.2. The molecular weight excluding hydrogens is 527 g/mol. The highest BCUT2D eigenvalue weighted by atomic mass is 19.4. The number of piperazine rings is 1. The largest absolute Gasteiger partial charge is 0.490 e. The van der Waals surface area contributed by atoms with E-state index in [1.54, 1.807) is 18.2 Å². The van der Waals surface area contributed by atoms with Crippen molar-refractivity contribution in [3.05, 3.63) is 83.4 Å². The van der Waals surface area contributed by atoms with Gasteiger partial charge in [0.15, 0.2) is 0 Å². The fourth-order valence-electron chi connectivity index (χ4n) is 4.33. The summed E-state index contributed by atoms with van der Waals surface area (Å²) in [6, 6.07) is 22.7. The lowest BCUT2D eigenvalue weighted by Gasteiger charge is -2.31. The van der Waals surface area contributed by atoms with Crippen molar-refractivity contribution in [2.75, 3.05) is 19.6 Å². The lowest BCUT2D eigenvalue weighted by atomic mass is 10.0. The van der Waals surface area contributed by atoms with E-state index < -0.39 is 12.1 Å². The number of halogens is 3. The molecular formula is C28H28F3N5O4. The first-order valence-corrected chi connectivity index (χ1v) is 12.5. The Hall–Kier alpha value is -4.29. The van der Waals surface area contributed by atoms with Crippen LogP contribution < -0.4 is 10.6 Å². The maximum Gasteiger partial charge on any atom is 0.490 e. The topological polar surface area (TPSA) is 121 Å². The molecule has 1 amide bonds. The van der Waals surface area contributed by atoms with E-state index in [2.05, 4.69) is 69.2 Å². The molecule has 1 saturated heterocycles. The van der Waals surface area contributed by atoms with E-state index in [9.17, 15) is 18.0 Å². The van der Waals surface area contributed by atoms with Gasteiger partial charge in [-0.3, -0.25) is 9.69 Å². The molecule has 1 atom stereocenters. The minimum Gasteiger partial charge on any atom is -0.475 e. The number of carboxylic acids is 1. The molecule has 9 nitrogen and oxygen atoms in total. The summed E-state index contributed by atoms with van der Waals surface area (Å²) in [5.74, 6) is -2.91. The van der Waals surface area contributed by atoms with Crippen LogP contribution in [0, 0.1) is 0 Å². The van der Waals surface area contributed by atoms with Crippen LogP contribution in [0.1, 0.15) is 28.4 Å². The van der Waals surface area contributed by atoms with Crippen molar-refractivity contribution in [3.8, 4) is 11.1 Å². The fourth-order valence-corrected chi connectivity index (χ4v) is 4.33. The zero-order chi connectivity index (χ0) is 28.7. The van der Waals surface area contributed by atoms with Crippen LogP contribution in [-0.2, 0) is 17.9 Å². The second-order valence-electron chi connectivity index (χ2n) is 9.44. The lowest BCUT2D eigenvalue weighted by molar-refractivity contribution is -0.192. The Morgan fingerprint density at radius 1 is 1.02 bits per heavy atom. The average Bonchev–Trinajstić information content (AvgIpc) is 3.40. The second kappa shape index (κ2) is 12.7. The second-order valence-corrected chi connectivity index (χ2v) is 9.44. The van der Waals surface area contributed by atoms with Crippen molar-refractivity contribution in [2.24, 2.45) is 0 Å². The van der Waals surface area contributed by atoms with Crippen LogP contribution in [0.3, 0.4) is 0 Å². The van der Waals surface area contributed by atoms with Crippen LogP contribution in [0.2, 0.25) is 0 Å². The van der Waals surface area contributed by atoms with Crippen molar-refractivity contribution in [2.45, 2.75) is 32.2 Å². The number of nitrogens with one attached hydrogen (secondary N) is 2. The van der Waals surface area contributed by atoms with E-state index in [0.29, 0.717) is 29.2 Å². The van der Waals surface area contributed by atoms with Gasteiger partial charge in [-0.15, -0.1) is 0 Å². The molecule has 40 heavy (non-hydrogen) atoms. The first-order chi connectivity index (χ1) is 19.1. The van der Waals surface area contributed by atoms with E-state index in [1.165, 1.54) is 11.1 Å². The van der Waals surface area contributed by atoms with E-state index in [4.69, 9.17) is 14.5 Å². The molecule has 3 aromatic carbocycles. The number of amides is 1. The van der Waals surface area contributed by atoms with Gasteiger partial charge >= 0.3 is 12.1 Å². The van der Waals surface area contributed by atoms with Crippen LogP contribution in [0.5, 0.6) is 0 Å². The number of benzene rings is 3. The molecule has 0 aliphatic carbocycles.